The van der Waals surface area contributed by atoms with Gasteiger partial charge in [-0.15, -0.1) is 0 Å². The van der Waals surface area contributed by atoms with Crippen LogP contribution in [0, 0.1) is 0 Å². The van der Waals surface area contributed by atoms with E-state index in [2.05, 4.69) is 10.3 Å². The Morgan fingerprint density at radius 1 is 1.16 bits per heavy atom. The normalized spacial score (nSPS) is 11.1. The van der Waals surface area contributed by atoms with E-state index in [4.69, 9.17) is 9.47 Å². The zero-order valence-corrected chi connectivity index (χ0v) is 14.2. The smallest absolute Gasteiger partial charge is 0.417 e. The van der Waals surface area contributed by atoms with Gasteiger partial charge in [-0.2, -0.15) is 13.2 Å². The average Bonchev–Trinajstić information content (AvgIpc) is 2.59. The number of rotatable bonds is 6. The predicted octanol–water partition coefficient (Wildman–Crippen LogP) is 3.85. The van der Waals surface area contributed by atoms with E-state index in [9.17, 15) is 18.0 Å². The Balaban J connectivity index is 1.95. The van der Waals surface area contributed by atoms with Crippen molar-refractivity contribution in [3.05, 3.63) is 42.1 Å². The summed E-state index contributed by atoms with van der Waals surface area (Å²) in [6.07, 6.45) is -3.69. The topological polar surface area (TPSA) is 60.5 Å². The quantitative estimate of drug-likeness (QED) is 0.781. The third-order valence-electron chi connectivity index (χ3n) is 3.05. The third-order valence-corrected chi connectivity index (χ3v) is 3.99. The number of hydrogen-bond acceptors (Lipinski definition) is 5. The molecule has 1 N–H and O–H groups in total. The minimum atomic E-state index is -4.43. The first-order chi connectivity index (χ1) is 11.8. The van der Waals surface area contributed by atoms with E-state index in [1.807, 2.05) is 0 Å². The monoisotopic (exact) mass is 372 g/mol. The highest BCUT2D eigenvalue weighted by molar-refractivity contribution is 7.99. The first kappa shape index (κ1) is 18.9. The fourth-order valence-electron chi connectivity index (χ4n) is 1.85. The maximum absolute atomic E-state index is 12.5. The molecule has 2 aromatic rings. The van der Waals surface area contributed by atoms with Crippen molar-refractivity contribution in [2.75, 3.05) is 25.3 Å². The molecule has 25 heavy (non-hydrogen) atoms. The van der Waals surface area contributed by atoms with Crippen molar-refractivity contribution in [2.45, 2.75) is 11.2 Å². The molecule has 0 saturated heterocycles. The molecule has 1 heterocycles. The number of anilines is 1. The van der Waals surface area contributed by atoms with Gasteiger partial charge >= 0.3 is 6.18 Å². The number of aromatic nitrogens is 1. The highest BCUT2D eigenvalue weighted by atomic mass is 32.2. The summed E-state index contributed by atoms with van der Waals surface area (Å²) >= 11 is 1.03. The van der Waals surface area contributed by atoms with E-state index < -0.39 is 11.7 Å². The van der Waals surface area contributed by atoms with Gasteiger partial charge in [0.1, 0.15) is 11.5 Å². The summed E-state index contributed by atoms with van der Waals surface area (Å²) in [5, 5.41) is 3.00. The summed E-state index contributed by atoms with van der Waals surface area (Å²) in [6, 6.07) is 7.08. The van der Waals surface area contributed by atoms with E-state index in [0.29, 0.717) is 22.2 Å². The molecule has 1 amide bonds. The summed E-state index contributed by atoms with van der Waals surface area (Å²) in [6.45, 7) is 0. The van der Waals surface area contributed by atoms with Crippen LogP contribution < -0.4 is 14.8 Å². The maximum Gasteiger partial charge on any atom is 0.417 e. The van der Waals surface area contributed by atoms with Gasteiger partial charge in [-0.25, -0.2) is 4.98 Å². The molecule has 0 aliphatic rings. The lowest BCUT2D eigenvalue weighted by Gasteiger charge is -2.10. The molecule has 0 unspecified atom stereocenters. The molecule has 0 aliphatic carbocycles. The number of thioether (sulfide) groups is 1. The van der Waals surface area contributed by atoms with Crippen molar-refractivity contribution in [1.82, 2.24) is 4.98 Å². The third kappa shape index (κ3) is 5.56. The Morgan fingerprint density at radius 3 is 2.28 bits per heavy atom. The summed E-state index contributed by atoms with van der Waals surface area (Å²) in [7, 11) is 2.99. The first-order valence-electron chi connectivity index (χ1n) is 7.01. The Bertz CT molecular complexity index is 714. The van der Waals surface area contributed by atoms with Crippen LogP contribution in [0.3, 0.4) is 0 Å². The van der Waals surface area contributed by atoms with Crippen LogP contribution in [0.25, 0.3) is 0 Å². The Morgan fingerprint density at radius 2 is 1.80 bits per heavy atom. The number of amides is 1. The number of hydrogen-bond donors (Lipinski definition) is 1. The highest BCUT2D eigenvalue weighted by Crippen LogP contribution is 2.30. The van der Waals surface area contributed by atoms with E-state index in [1.165, 1.54) is 20.3 Å². The van der Waals surface area contributed by atoms with Gasteiger partial charge in [0.15, 0.2) is 0 Å². The number of benzene rings is 1. The van der Waals surface area contributed by atoms with Crippen LogP contribution in [0.1, 0.15) is 5.56 Å². The number of nitrogens with one attached hydrogen (secondary N) is 1. The molecule has 0 bridgehead atoms. The number of methoxy groups -OCH3 is 2. The second-order valence-corrected chi connectivity index (χ2v) is 5.82. The molecule has 0 fully saturated rings. The summed E-state index contributed by atoms with van der Waals surface area (Å²) < 4.78 is 47.6. The molecular formula is C16H15F3N2O3S. The van der Waals surface area contributed by atoms with Gasteiger partial charge in [-0.1, -0.05) is 11.8 Å². The van der Waals surface area contributed by atoms with E-state index in [0.717, 1.165) is 24.0 Å². The Kier molecular flexibility index (Phi) is 6.13. The predicted molar refractivity (Wildman–Crippen MR) is 88.1 cm³/mol. The van der Waals surface area contributed by atoms with Gasteiger partial charge in [-0.05, 0) is 12.1 Å². The zero-order valence-electron chi connectivity index (χ0n) is 13.4. The van der Waals surface area contributed by atoms with Gasteiger partial charge in [-0.3, -0.25) is 4.79 Å². The molecule has 0 aliphatic heterocycles. The van der Waals surface area contributed by atoms with E-state index >= 15 is 0 Å². The largest absolute Gasteiger partial charge is 0.497 e. The summed E-state index contributed by atoms with van der Waals surface area (Å²) in [4.78, 5) is 15.7. The van der Waals surface area contributed by atoms with Gasteiger partial charge < -0.3 is 14.8 Å². The molecule has 2 rings (SSSR count). The molecule has 134 valence electrons. The molecule has 1 aromatic heterocycles. The molecule has 1 aromatic carbocycles. The standard InChI is InChI=1S/C16H15F3N2O3S/c1-23-12-5-11(6-13(7-12)24-2)21-14(22)9-25-15-4-3-10(8-20-15)16(17,18)19/h3-8H,9H2,1-2H3,(H,21,22). The molecule has 0 atom stereocenters. The Labute approximate surface area is 146 Å². The van der Waals surface area contributed by atoms with Crippen LogP contribution in [0.2, 0.25) is 0 Å². The van der Waals surface area contributed by atoms with E-state index in [-0.39, 0.29) is 11.7 Å². The fraction of sp³-hybridized carbons (Fsp3) is 0.250. The molecular weight excluding hydrogens is 357 g/mol. The summed E-state index contributed by atoms with van der Waals surface area (Å²) in [5.41, 5.74) is -0.341. The van der Waals surface area contributed by atoms with Crippen molar-refractivity contribution in [3.63, 3.8) is 0 Å². The lowest BCUT2D eigenvalue weighted by Crippen LogP contribution is -2.14. The van der Waals surface area contributed by atoms with Crippen LogP contribution in [-0.4, -0.2) is 30.9 Å². The molecule has 5 nitrogen and oxygen atoms in total. The number of alkyl halides is 3. The minimum Gasteiger partial charge on any atom is -0.497 e. The van der Waals surface area contributed by atoms with Gasteiger partial charge in [0.05, 0.1) is 30.6 Å². The van der Waals surface area contributed by atoms with Crippen LogP contribution in [-0.2, 0) is 11.0 Å². The van der Waals surface area contributed by atoms with E-state index in [1.54, 1.807) is 18.2 Å². The molecule has 0 saturated carbocycles. The summed E-state index contributed by atoms with van der Waals surface area (Å²) in [5.74, 6) is 0.707. The van der Waals surface area contributed by atoms with Crippen molar-refractivity contribution in [3.8, 4) is 11.5 Å². The van der Waals surface area contributed by atoms with Crippen molar-refractivity contribution in [2.24, 2.45) is 0 Å². The van der Waals surface area contributed by atoms with Gasteiger partial charge in [0, 0.05) is 30.1 Å². The Hall–Kier alpha value is -2.42. The van der Waals surface area contributed by atoms with Crippen LogP contribution >= 0.6 is 11.8 Å². The molecule has 0 radical (unpaired) electrons. The number of carbonyl (C=O) groups excluding carboxylic acids is 1. The molecule has 9 heteroatoms. The number of pyridine rings is 1. The first-order valence-corrected chi connectivity index (χ1v) is 7.99. The minimum absolute atomic E-state index is 0.00209. The lowest BCUT2D eigenvalue weighted by molar-refractivity contribution is -0.137. The highest BCUT2D eigenvalue weighted by Gasteiger charge is 2.30. The van der Waals surface area contributed by atoms with Crippen LogP contribution in [0.5, 0.6) is 11.5 Å². The van der Waals surface area contributed by atoms with Crippen molar-refractivity contribution >= 4 is 23.4 Å². The maximum atomic E-state index is 12.5. The SMILES string of the molecule is COc1cc(NC(=O)CSc2ccc(C(F)(F)F)cn2)cc(OC)c1. The number of ether oxygens (including phenoxy) is 2. The molecule has 0 spiro atoms. The fourth-order valence-corrected chi connectivity index (χ4v) is 2.49. The lowest BCUT2D eigenvalue weighted by atomic mass is 10.2. The average molecular weight is 372 g/mol. The van der Waals surface area contributed by atoms with Crippen molar-refractivity contribution < 1.29 is 27.4 Å². The second kappa shape index (κ2) is 8.11. The van der Waals surface area contributed by atoms with Crippen LogP contribution in [0.15, 0.2) is 41.6 Å². The van der Waals surface area contributed by atoms with Crippen LogP contribution in [0.4, 0.5) is 18.9 Å². The number of carbonyl (C=O) groups is 1. The number of nitrogens with zero attached hydrogens (tertiary/aromatic N) is 1. The zero-order chi connectivity index (χ0) is 18.4. The van der Waals surface area contributed by atoms with Gasteiger partial charge in [0.25, 0.3) is 0 Å². The second-order valence-electron chi connectivity index (χ2n) is 4.82. The number of halogens is 3. The van der Waals surface area contributed by atoms with Gasteiger partial charge in [0.2, 0.25) is 5.91 Å². The van der Waals surface area contributed by atoms with Crippen molar-refractivity contribution in [1.29, 1.82) is 0 Å².